The van der Waals surface area contributed by atoms with E-state index in [9.17, 15) is 8.42 Å². The van der Waals surface area contributed by atoms with Crippen molar-refractivity contribution in [2.75, 3.05) is 32.1 Å². The van der Waals surface area contributed by atoms with E-state index in [4.69, 9.17) is 5.84 Å². The van der Waals surface area contributed by atoms with Crippen LogP contribution in [0.3, 0.4) is 0 Å². The molecule has 1 aliphatic heterocycles. The molecule has 1 aromatic heterocycles. The number of nitrogens with two attached hydrogens (primary N) is 1. The molecular formula is C12H21N5O2S. The van der Waals surface area contributed by atoms with Crippen LogP contribution >= 0.6 is 0 Å². The van der Waals surface area contributed by atoms with Gasteiger partial charge in [-0.2, -0.15) is 0 Å². The lowest BCUT2D eigenvalue weighted by Crippen LogP contribution is -2.36. The van der Waals surface area contributed by atoms with Crippen molar-refractivity contribution in [3.8, 4) is 0 Å². The molecule has 4 N–H and O–H groups in total. The van der Waals surface area contributed by atoms with Gasteiger partial charge >= 0.3 is 0 Å². The van der Waals surface area contributed by atoms with Crippen LogP contribution in [0.1, 0.15) is 12.8 Å². The highest BCUT2D eigenvalue weighted by Crippen LogP contribution is 2.17. The van der Waals surface area contributed by atoms with Gasteiger partial charge in [0.25, 0.3) is 0 Å². The molecule has 0 amide bonds. The van der Waals surface area contributed by atoms with Crippen molar-refractivity contribution in [3.05, 3.63) is 18.3 Å². The zero-order valence-corrected chi connectivity index (χ0v) is 12.4. The Bertz CT molecular complexity index is 541. The minimum atomic E-state index is -3.50. The van der Waals surface area contributed by atoms with Crippen molar-refractivity contribution in [3.63, 3.8) is 0 Å². The van der Waals surface area contributed by atoms with E-state index in [1.54, 1.807) is 0 Å². The molecule has 1 aromatic rings. The maximum Gasteiger partial charge on any atom is 0.240 e. The van der Waals surface area contributed by atoms with Crippen LogP contribution in [-0.2, 0) is 10.0 Å². The van der Waals surface area contributed by atoms with Crippen molar-refractivity contribution in [2.45, 2.75) is 17.7 Å². The van der Waals surface area contributed by atoms with E-state index < -0.39 is 10.0 Å². The molecule has 8 heteroatoms. The van der Waals surface area contributed by atoms with Crippen molar-refractivity contribution < 1.29 is 8.42 Å². The van der Waals surface area contributed by atoms with Gasteiger partial charge in [0.15, 0.2) is 0 Å². The number of aromatic nitrogens is 1. The average Bonchev–Trinajstić information content (AvgIpc) is 2.47. The second-order valence-electron chi connectivity index (χ2n) is 5.12. The predicted molar refractivity (Wildman–Crippen MR) is 77.5 cm³/mol. The van der Waals surface area contributed by atoms with Crippen LogP contribution in [0, 0.1) is 5.92 Å². The first kappa shape index (κ1) is 15.2. The molecule has 0 aliphatic carbocycles. The van der Waals surface area contributed by atoms with E-state index >= 15 is 0 Å². The standard InChI is InChI=1S/C12H21N5O2S/c1-17-6-3-10(4-7-17)9-15-20(18,19)11-2-5-14-12(8-11)16-13/h2,5,8,10,15H,3-4,6-7,9,13H2,1H3,(H,14,16). The lowest BCUT2D eigenvalue weighted by atomic mass is 9.98. The first-order valence-electron chi connectivity index (χ1n) is 6.62. The van der Waals surface area contributed by atoms with Gasteiger partial charge < -0.3 is 10.3 Å². The minimum absolute atomic E-state index is 0.174. The molecule has 112 valence electrons. The highest BCUT2D eigenvalue weighted by atomic mass is 32.2. The Morgan fingerprint density at radius 2 is 2.15 bits per heavy atom. The van der Waals surface area contributed by atoms with Crippen LogP contribution < -0.4 is 16.0 Å². The molecule has 0 spiro atoms. The molecule has 1 aliphatic rings. The Labute approximate surface area is 119 Å². The third kappa shape index (κ3) is 3.89. The smallest absolute Gasteiger partial charge is 0.240 e. The molecule has 0 bridgehead atoms. The van der Waals surface area contributed by atoms with Crippen molar-refractivity contribution in [1.29, 1.82) is 0 Å². The zero-order chi connectivity index (χ0) is 14.6. The van der Waals surface area contributed by atoms with Crippen LogP contribution in [0.15, 0.2) is 23.2 Å². The molecule has 2 heterocycles. The molecule has 0 aromatic carbocycles. The monoisotopic (exact) mass is 299 g/mol. The van der Waals surface area contributed by atoms with E-state index in [0.29, 0.717) is 18.3 Å². The van der Waals surface area contributed by atoms with Gasteiger partial charge in [0.2, 0.25) is 10.0 Å². The summed E-state index contributed by atoms with van der Waals surface area (Å²) in [6, 6.07) is 2.87. The molecule has 20 heavy (non-hydrogen) atoms. The largest absolute Gasteiger partial charge is 0.308 e. The van der Waals surface area contributed by atoms with E-state index in [-0.39, 0.29) is 4.90 Å². The highest BCUT2D eigenvalue weighted by molar-refractivity contribution is 7.89. The van der Waals surface area contributed by atoms with Crippen molar-refractivity contribution in [1.82, 2.24) is 14.6 Å². The summed E-state index contributed by atoms with van der Waals surface area (Å²) in [4.78, 5) is 6.33. The fourth-order valence-corrected chi connectivity index (χ4v) is 3.36. The summed E-state index contributed by atoms with van der Waals surface area (Å²) in [5.74, 6) is 5.96. The molecule has 0 radical (unpaired) electrons. The summed E-state index contributed by atoms with van der Waals surface area (Å²) >= 11 is 0. The number of piperidine rings is 1. The van der Waals surface area contributed by atoms with Gasteiger partial charge in [-0.1, -0.05) is 0 Å². The number of likely N-dealkylation sites (tertiary alicyclic amines) is 1. The van der Waals surface area contributed by atoms with E-state index in [1.165, 1.54) is 18.3 Å². The lowest BCUT2D eigenvalue weighted by molar-refractivity contribution is 0.220. The third-order valence-corrected chi connectivity index (χ3v) is 5.01. The van der Waals surface area contributed by atoms with E-state index in [1.807, 2.05) is 0 Å². The number of hydrogen-bond acceptors (Lipinski definition) is 6. The Hall–Kier alpha value is -1.22. The van der Waals surface area contributed by atoms with E-state index in [2.05, 4.69) is 27.1 Å². The molecule has 1 fully saturated rings. The first-order valence-corrected chi connectivity index (χ1v) is 8.10. The van der Waals surface area contributed by atoms with Gasteiger partial charge in [-0.05, 0) is 45.0 Å². The number of sulfonamides is 1. The summed E-state index contributed by atoms with van der Waals surface area (Å²) < 4.78 is 27.0. The van der Waals surface area contributed by atoms with Crippen LogP contribution in [-0.4, -0.2) is 45.0 Å². The maximum atomic E-state index is 12.2. The van der Waals surface area contributed by atoms with Crippen LogP contribution in [0.5, 0.6) is 0 Å². The number of hydrazine groups is 1. The predicted octanol–water partition coefficient (Wildman–Crippen LogP) is -0.0127. The number of nitrogen functional groups attached to an aromatic ring is 1. The topological polar surface area (TPSA) is 100 Å². The van der Waals surface area contributed by atoms with Gasteiger partial charge in [-0.3, -0.25) is 0 Å². The normalized spacial score (nSPS) is 18.1. The zero-order valence-electron chi connectivity index (χ0n) is 11.5. The minimum Gasteiger partial charge on any atom is -0.308 e. The van der Waals surface area contributed by atoms with Crippen molar-refractivity contribution >= 4 is 15.8 Å². The number of rotatable bonds is 5. The van der Waals surface area contributed by atoms with Gasteiger partial charge in [0, 0.05) is 18.8 Å². The molecule has 0 saturated carbocycles. The summed E-state index contributed by atoms with van der Waals surface area (Å²) in [7, 11) is -1.42. The Morgan fingerprint density at radius 1 is 1.45 bits per heavy atom. The summed E-state index contributed by atoms with van der Waals surface area (Å²) in [6.45, 7) is 2.51. The van der Waals surface area contributed by atoms with Crippen molar-refractivity contribution in [2.24, 2.45) is 11.8 Å². The van der Waals surface area contributed by atoms with Crippen LogP contribution in [0.4, 0.5) is 5.82 Å². The summed E-state index contributed by atoms with van der Waals surface area (Å²) in [5.41, 5.74) is 2.34. The molecule has 0 unspecified atom stereocenters. The van der Waals surface area contributed by atoms with Gasteiger partial charge in [-0.15, -0.1) is 0 Å². The van der Waals surface area contributed by atoms with Gasteiger partial charge in [0.1, 0.15) is 5.82 Å². The van der Waals surface area contributed by atoms with Crippen LogP contribution in [0.2, 0.25) is 0 Å². The Balaban J connectivity index is 1.96. The molecule has 7 nitrogen and oxygen atoms in total. The number of pyridine rings is 1. The van der Waals surface area contributed by atoms with Crippen LogP contribution in [0.25, 0.3) is 0 Å². The molecule has 0 atom stereocenters. The van der Waals surface area contributed by atoms with Gasteiger partial charge in [0.05, 0.1) is 4.90 Å². The first-order chi connectivity index (χ1) is 9.51. The molecule has 2 rings (SSSR count). The fraction of sp³-hybridized carbons (Fsp3) is 0.583. The SMILES string of the molecule is CN1CCC(CNS(=O)(=O)c2ccnc(NN)c2)CC1. The fourth-order valence-electron chi connectivity index (χ4n) is 2.23. The summed E-state index contributed by atoms with van der Waals surface area (Å²) in [6.07, 6.45) is 3.45. The lowest BCUT2D eigenvalue weighted by Gasteiger charge is -2.28. The van der Waals surface area contributed by atoms with E-state index in [0.717, 1.165) is 25.9 Å². The Kier molecular flexibility index (Phi) is 4.92. The number of nitrogens with zero attached hydrogens (tertiary/aromatic N) is 2. The number of hydrogen-bond donors (Lipinski definition) is 3. The second kappa shape index (κ2) is 6.49. The summed E-state index contributed by atoms with van der Waals surface area (Å²) in [5, 5.41) is 0. The highest BCUT2D eigenvalue weighted by Gasteiger charge is 2.20. The molecular weight excluding hydrogens is 278 g/mol. The third-order valence-electron chi connectivity index (χ3n) is 3.59. The average molecular weight is 299 g/mol. The maximum absolute atomic E-state index is 12.2. The quantitative estimate of drug-likeness (QED) is 0.522. The van der Waals surface area contributed by atoms with Gasteiger partial charge in [-0.25, -0.2) is 24.0 Å². The Morgan fingerprint density at radius 3 is 2.80 bits per heavy atom. The number of nitrogens with one attached hydrogen (secondary N) is 2. The second-order valence-corrected chi connectivity index (χ2v) is 6.89. The number of anilines is 1. The molecule has 1 saturated heterocycles.